The van der Waals surface area contributed by atoms with Gasteiger partial charge in [0.05, 0.1) is 13.2 Å². The normalized spacial score (nSPS) is 26.2. The van der Waals surface area contributed by atoms with Gasteiger partial charge in [-0.1, -0.05) is 44.2 Å². The molecule has 2 saturated heterocycles. The van der Waals surface area contributed by atoms with Crippen LogP contribution in [0, 0.1) is 5.92 Å². The van der Waals surface area contributed by atoms with Crippen molar-refractivity contribution in [3.8, 4) is 0 Å². The van der Waals surface area contributed by atoms with Crippen molar-refractivity contribution in [2.75, 3.05) is 26.4 Å². The van der Waals surface area contributed by atoms with E-state index in [0.29, 0.717) is 32.3 Å². The van der Waals surface area contributed by atoms with Crippen LogP contribution in [0.25, 0.3) is 10.8 Å². The molecule has 8 heteroatoms. The van der Waals surface area contributed by atoms with E-state index in [1.54, 1.807) is 0 Å². The Labute approximate surface area is 209 Å². The number of hydrogen-bond donors (Lipinski definition) is 2. The molecule has 0 radical (unpaired) electrons. The number of benzene rings is 2. The molecule has 2 aliphatic heterocycles. The molecular formula is C25H34O7W. The minimum absolute atomic E-state index is 0. The van der Waals surface area contributed by atoms with Crippen molar-refractivity contribution < 1.29 is 55.3 Å². The third-order valence-electron chi connectivity index (χ3n) is 6.27. The van der Waals surface area contributed by atoms with E-state index >= 15 is 0 Å². The van der Waals surface area contributed by atoms with Gasteiger partial charge in [0.15, 0.2) is 0 Å². The van der Waals surface area contributed by atoms with Crippen LogP contribution in [-0.2, 0) is 51.3 Å². The Kier molecular flexibility index (Phi) is 10.3. The fourth-order valence-electron chi connectivity index (χ4n) is 4.40. The first-order valence-electron chi connectivity index (χ1n) is 11.6. The summed E-state index contributed by atoms with van der Waals surface area (Å²) in [5, 5.41) is 21.2. The second kappa shape index (κ2) is 12.7. The number of fused-ring (bicyclic) bond motifs is 2. The molecule has 0 bridgehead atoms. The van der Waals surface area contributed by atoms with Gasteiger partial charge in [0, 0.05) is 39.8 Å². The van der Waals surface area contributed by atoms with Crippen molar-refractivity contribution in [3.05, 3.63) is 47.5 Å². The van der Waals surface area contributed by atoms with Gasteiger partial charge in [-0.25, -0.2) is 10.1 Å². The summed E-state index contributed by atoms with van der Waals surface area (Å²) in [5.74, 6) is 0.400. The molecule has 0 aromatic heterocycles. The summed E-state index contributed by atoms with van der Waals surface area (Å²) in [4.78, 5) is 4.50. The van der Waals surface area contributed by atoms with Crippen LogP contribution in [0.1, 0.15) is 44.1 Å². The van der Waals surface area contributed by atoms with Gasteiger partial charge in [0.1, 0.15) is 24.4 Å². The molecule has 182 valence electrons. The number of hydrogen-bond acceptors (Lipinski definition) is 7. The predicted octanol–water partition coefficient (Wildman–Crippen LogP) is 3.86. The van der Waals surface area contributed by atoms with Crippen molar-refractivity contribution in [3.63, 3.8) is 0 Å². The Balaban J connectivity index is 0.00000306. The van der Waals surface area contributed by atoms with E-state index in [2.05, 4.69) is 30.0 Å². The van der Waals surface area contributed by atoms with Crippen LogP contribution in [0.5, 0.6) is 0 Å². The molecule has 7 nitrogen and oxygen atoms in total. The molecule has 4 rings (SSSR count). The van der Waals surface area contributed by atoms with E-state index in [1.165, 1.54) is 5.56 Å². The van der Waals surface area contributed by atoms with Crippen molar-refractivity contribution in [2.24, 2.45) is 5.92 Å². The largest absolute Gasteiger partial charge is 0.388 e. The van der Waals surface area contributed by atoms with E-state index < -0.39 is 12.4 Å². The van der Waals surface area contributed by atoms with Crippen molar-refractivity contribution in [1.82, 2.24) is 0 Å². The smallest absolute Gasteiger partial charge is 0.217 e. The van der Waals surface area contributed by atoms with Gasteiger partial charge in [-0.15, -0.1) is 0 Å². The summed E-state index contributed by atoms with van der Waals surface area (Å²) < 4.78 is 22.8. The monoisotopic (exact) mass is 630 g/mol. The Morgan fingerprint density at radius 3 is 2.61 bits per heavy atom. The van der Waals surface area contributed by atoms with E-state index in [-0.39, 0.29) is 39.4 Å². The van der Waals surface area contributed by atoms with Gasteiger partial charge < -0.3 is 24.1 Å². The first-order chi connectivity index (χ1) is 15.6. The molecule has 2 aromatic carbocycles. The number of rotatable bonds is 11. The van der Waals surface area contributed by atoms with Gasteiger partial charge in [0.25, 0.3) is 0 Å². The van der Waals surface area contributed by atoms with Crippen LogP contribution in [0.15, 0.2) is 36.4 Å². The summed E-state index contributed by atoms with van der Waals surface area (Å²) in [6, 6.07) is 12.4. The van der Waals surface area contributed by atoms with E-state index in [1.807, 2.05) is 25.1 Å². The van der Waals surface area contributed by atoms with Crippen LogP contribution >= 0.6 is 0 Å². The van der Waals surface area contributed by atoms with Crippen LogP contribution in [-0.4, -0.2) is 61.2 Å². The Morgan fingerprint density at radius 1 is 1.06 bits per heavy atom. The zero-order valence-corrected chi connectivity index (χ0v) is 22.2. The number of ether oxygens (including phenoxy) is 4. The number of aliphatic hydroxyl groups excluding tert-OH is 1. The van der Waals surface area contributed by atoms with Crippen molar-refractivity contribution in [1.29, 1.82) is 0 Å². The SMILES string of the molecule is CCCOC(OO)c1ccc2cc(CCC(C)CO[C@@H]3CO[C@H]4[C@@H]3OC[C@H]4O)ccc2c1.[W]. The molecule has 2 heterocycles. The molecular weight excluding hydrogens is 596 g/mol. The topological polar surface area (TPSA) is 86.6 Å². The first kappa shape index (κ1) is 26.7. The minimum Gasteiger partial charge on any atom is -0.388 e. The molecule has 2 N–H and O–H groups in total. The standard InChI is InChI=1S/C25H34O7.W/c1-3-10-28-25(32-27)20-9-8-18-11-17(6-7-19(18)12-20)5-4-16(2)13-29-22-15-31-23-21(26)14-30-24(22)23;/h6-9,11-12,16,21-27H,3-5,10,13-15H2,1-2H3;/t16?,21-,22-,23-,24-,25?;/m1./s1. The van der Waals surface area contributed by atoms with Gasteiger partial charge in [-0.2, -0.15) is 0 Å². The van der Waals surface area contributed by atoms with Gasteiger partial charge in [0.2, 0.25) is 6.29 Å². The van der Waals surface area contributed by atoms with Crippen LogP contribution in [0.3, 0.4) is 0 Å². The van der Waals surface area contributed by atoms with Crippen molar-refractivity contribution in [2.45, 2.75) is 63.8 Å². The zero-order chi connectivity index (χ0) is 22.5. The van der Waals surface area contributed by atoms with Gasteiger partial charge >= 0.3 is 0 Å². The third kappa shape index (κ3) is 6.62. The number of aryl methyl sites for hydroxylation is 1. The molecule has 2 aliphatic rings. The van der Waals surface area contributed by atoms with E-state index in [0.717, 1.165) is 35.6 Å². The summed E-state index contributed by atoms with van der Waals surface area (Å²) in [5.41, 5.74) is 2.07. The molecule has 0 saturated carbocycles. The Morgan fingerprint density at radius 2 is 1.82 bits per heavy atom. The number of aliphatic hydroxyl groups is 1. The maximum atomic E-state index is 9.84. The zero-order valence-electron chi connectivity index (χ0n) is 19.2. The average molecular weight is 630 g/mol. The second-order valence-corrected chi connectivity index (χ2v) is 8.93. The van der Waals surface area contributed by atoms with Crippen LogP contribution in [0.4, 0.5) is 0 Å². The first-order valence-corrected chi connectivity index (χ1v) is 11.6. The molecule has 0 amide bonds. The van der Waals surface area contributed by atoms with Crippen LogP contribution < -0.4 is 0 Å². The Hall–Kier alpha value is -0.892. The second-order valence-electron chi connectivity index (χ2n) is 8.93. The predicted molar refractivity (Wildman–Crippen MR) is 119 cm³/mol. The average Bonchev–Trinajstić information content (AvgIpc) is 3.39. The molecule has 2 fully saturated rings. The summed E-state index contributed by atoms with van der Waals surface area (Å²) in [6.45, 7) is 6.18. The third-order valence-corrected chi connectivity index (χ3v) is 6.27. The molecule has 6 atom stereocenters. The minimum atomic E-state index is -0.765. The quantitative estimate of drug-likeness (QED) is 0.222. The summed E-state index contributed by atoms with van der Waals surface area (Å²) in [7, 11) is 0. The van der Waals surface area contributed by atoms with Gasteiger partial charge in [-0.05, 0) is 47.6 Å². The summed E-state index contributed by atoms with van der Waals surface area (Å²) in [6.07, 6.45) is 1.04. The maximum absolute atomic E-state index is 9.84. The van der Waals surface area contributed by atoms with E-state index in [9.17, 15) is 5.11 Å². The maximum Gasteiger partial charge on any atom is 0.217 e. The summed E-state index contributed by atoms with van der Waals surface area (Å²) >= 11 is 0. The van der Waals surface area contributed by atoms with Gasteiger partial charge in [-0.3, -0.25) is 0 Å². The molecule has 2 aromatic rings. The molecule has 0 spiro atoms. The molecule has 2 unspecified atom stereocenters. The van der Waals surface area contributed by atoms with Crippen molar-refractivity contribution >= 4 is 10.8 Å². The Bertz CT molecular complexity index is 879. The van der Waals surface area contributed by atoms with E-state index in [4.69, 9.17) is 24.2 Å². The van der Waals surface area contributed by atoms with Crippen LogP contribution in [0.2, 0.25) is 0 Å². The molecule has 0 aliphatic carbocycles. The molecule has 33 heavy (non-hydrogen) atoms. The fraction of sp³-hybridized carbons (Fsp3) is 0.600. The fourth-order valence-corrected chi connectivity index (χ4v) is 4.40.